The molecule has 1 fully saturated rings. The first kappa shape index (κ1) is 15.9. The molecule has 4 heteroatoms. The van der Waals surface area contributed by atoms with Crippen molar-refractivity contribution < 1.29 is 14.2 Å². The van der Waals surface area contributed by atoms with E-state index >= 15 is 0 Å². The Labute approximate surface area is 127 Å². The van der Waals surface area contributed by atoms with Crippen molar-refractivity contribution in [2.24, 2.45) is 5.92 Å². The molecule has 0 bridgehead atoms. The zero-order valence-electron chi connectivity index (χ0n) is 12.8. The Morgan fingerprint density at radius 1 is 1.43 bits per heavy atom. The van der Waals surface area contributed by atoms with Gasteiger partial charge in [-0.25, -0.2) is 0 Å². The lowest BCUT2D eigenvalue weighted by Crippen LogP contribution is -2.28. The standard InChI is InChI=1S/C17H25NO3/c1-3-8-21-16-7-6-14(10-17(16)19-2)11-18-12-15-5-4-9-20-13-15/h3,6-7,10,15,18H,1,4-5,8-9,11-13H2,2H3. The van der Waals surface area contributed by atoms with Crippen LogP contribution in [0.1, 0.15) is 18.4 Å². The first-order valence-corrected chi connectivity index (χ1v) is 7.52. The summed E-state index contributed by atoms with van der Waals surface area (Å²) in [5.74, 6) is 2.15. The van der Waals surface area contributed by atoms with E-state index in [9.17, 15) is 0 Å². The quantitative estimate of drug-likeness (QED) is 0.748. The van der Waals surface area contributed by atoms with Crippen LogP contribution in [0.5, 0.6) is 11.5 Å². The van der Waals surface area contributed by atoms with E-state index in [1.54, 1.807) is 13.2 Å². The van der Waals surface area contributed by atoms with Gasteiger partial charge in [-0.2, -0.15) is 0 Å². The van der Waals surface area contributed by atoms with Gasteiger partial charge in [0.25, 0.3) is 0 Å². The van der Waals surface area contributed by atoms with E-state index in [1.807, 2.05) is 12.1 Å². The predicted molar refractivity (Wildman–Crippen MR) is 83.9 cm³/mol. The minimum atomic E-state index is 0.482. The van der Waals surface area contributed by atoms with Crippen LogP contribution in [0.25, 0.3) is 0 Å². The molecule has 0 aliphatic carbocycles. The Morgan fingerprint density at radius 3 is 3.05 bits per heavy atom. The van der Waals surface area contributed by atoms with E-state index in [2.05, 4.69) is 18.0 Å². The molecule has 1 atom stereocenters. The third-order valence-electron chi connectivity index (χ3n) is 3.60. The van der Waals surface area contributed by atoms with Gasteiger partial charge >= 0.3 is 0 Å². The van der Waals surface area contributed by atoms with Crippen molar-refractivity contribution in [3.8, 4) is 11.5 Å². The topological polar surface area (TPSA) is 39.7 Å². The van der Waals surface area contributed by atoms with Crippen LogP contribution in [0, 0.1) is 5.92 Å². The normalized spacial score (nSPS) is 18.2. The van der Waals surface area contributed by atoms with Gasteiger partial charge in [0.2, 0.25) is 0 Å². The SMILES string of the molecule is C=CCOc1ccc(CNCC2CCCOC2)cc1OC. The Balaban J connectivity index is 1.83. The number of ether oxygens (including phenoxy) is 3. The Bertz CT molecular complexity index is 442. The second kappa shape index (κ2) is 8.70. The lowest BCUT2D eigenvalue weighted by atomic mass is 10.0. The van der Waals surface area contributed by atoms with Gasteiger partial charge in [-0.1, -0.05) is 18.7 Å². The molecule has 1 aromatic carbocycles. The van der Waals surface area contributed by atoms with Gasteiger partial charge < -0.3 is 19.5 Å². The Morgan fingerprint density at radius 2 is 2.33 bits per heavy atom. The fourth-order valence-electron chi connectivity index (χ4n) is 2.48. The maximum absolute atomic E-state index is 5.55. The van der Waals surface area contributed by atoms with Crippen LogP contribution >= 0.6 is 0 Å². The second-order valence-corrected chi connectivity index (χ2v) is 5.30. The zero-order valence-corrected chi connectivity index (χ0v) is 12.8. The van der Waals surface area contributed by atoms with Gasteiger partial charge in [0.1, 0.15) is 6.61 Å². The molecule has 1 unspecified atom stereocenters. The average molecular weight is 291 g/mol. The van der Waals surface area contributed by atoms with Gasteiger partial charge in [-0.15, -0.1) is 0 Å². The average Bonchev–Trinajstić information content (AvgIpc) is 2.54. The molecule has 21 heavy (non-hydrogen) atoms. The lowest BCUT2D eigenvalue weighted by Gasteiger charge is -2.22. The summed E-state index contributed by atoms with van der Waals surface area (Å²) in [5.41, 5.74) is 1.19. The minimum absolute atomic E-state index is 0.482. The van der Waals surface area contributed by atoms with E-state index in [1.165, 1.54) is 18.4 Å². The van der Waals surface area contributed by atoms with Gasteiger partial charge in [-0.05, 0) is 36.5 Å². The summed E-state index contributed by atoms with van der Waals surface area (Å²) in [7, 11) is 1.66. The fraction of sp³-hybridized carbons (Fsp3) is 0.529. The molecule has 1 heterocycles. The molecule has 1 aliphatic heterocycles. The van der Waals surface area contributed by atoms with E-state index in [4.69, 9.17) is 14.2 Å². The van der Waals surface area contributed by atoms with Crippen LogP contribution in [-0.4, -0.2) is 33.5 Å². The largest absolute Gasteiger partial charge is 0.493 e. The van der Waals surface area contributed by atoms with Crippen molar-refractivity contribution in [3.05, 3.63) is 36.4 Å². The third-order valence-corrected chi connectivity index (χ3v) is 3.60. The fourth-order valence-corrected chi connectivity index (χ4v) is 2.48. The third kappa shape index (κ3) is 5.06. The summed E-state index contributed by atoms with van der Waals surface area (Å²) in [6.45, 7) is 7.75. The molecule has 1 saturated heterocycles. The van der Waals surface area contributed by atoms with E-state index in [0.29, 0.717) is 12.5 Å². The van der Waals surface area contributed by atoms with Gasteiger partial charge in [0.15, 0.2) is 11.5 Å². The summed E-state index contributed by atoms with van der Waals surface area (Å²) in [6.07, 6.45) is 4.15. The van der Waals surface area contributed by atoms with Crippen LogP contribution in [-0.2, 0) is 11.3 Å². The van der Waals surface area contributed by atoms with Crippen molar-refractivity contribution in [1.29, 1.82) is 0 Å². The molecule has 0 aromatic heterocycles. The number of methoxy groups -OCH3 is 1. The minimum Gasteiger partial charge on any atom is -0.493 e. The first-order chi connectivity index (χ1) is 10.3. The summed E-state index contributed by atoms with van der Waals surface area (Å²) in [4.78, 5) is 0. The number of rotatable bonds is 8. The summed E-state index contributed by atoms with van der Waals surface area (Å²) in [6, 6.07) is 6.02. The molecule has 0 saturated carbocycles. The molecular formula is C17H25NO3. The maximum atomic E-state index is 5.55. The van der Waals surface area contributed by atoms with Crippen molar-refractivity contribution in [1.82, 2.24) is 5.32 Å². The first-order valence-electron chi connectivity index (χ1n) is 7.52. The molecule has 0 spiro atoms. The molecule has 1 aromatic rings. The molecule has 2 rings (SSSR count). The lowest BCUT2D eigenvalue weighted by molar-refractivity contribution is 0.0547. The van der Waals surface area contributed by atoms with Crippen molar-refractivity contribution in [3.63, 3.8) is 0 Å². The Hall–Kier alpha value is -1.52. The Kier molecular flexibility index (Phi) is 6.57. The highest BCUT2D eigenvalue weighted by atomic mass is 16.5. The molecule has 4 nitrogen and oxygen atoms in total. The maximum Gasteiger partial charge on any atom is 0.161 e. The molecule has 0 amide bonds. The summed E-state index contributed by atoms with van der Waals surface area (Å²) in [5, 5.41) is 3.49. The number of hydrogen-bond acceptors (Lipinski definition) is 4. The van der Waals surface area contributed by atoms with Crippen LogP contribution in [0.3, 0.4) is 0 Å². The van der Waals surface area contributed by atoms with Crippen molar-refractivity contribution in [2.75, 3.05) is 33.5 Å². The van der Waals surface area contributed by atoms with Gasteiger partial charge in [0, 0.05) is 19.7 Å². The van der Waals surface area contributed by atoms with Gasteiger partial charge in [0.05, 0.1) is 13.7 Å². The molecular weight excluding hydrogens is 266 g/mol. The highest BCUT2D eigenvalue weighted by molar-refractivity contribution is 5.43. The number of nitrogens with one attached hydrogen (secondary N) is 1. The van der Waals surface area contributed by atoms with Crippen LogP contribution < -0.4 is 14.8 Å². The van der Waals surface area contributed by atoms with Crippen molar-refractivity contribution in [2.45, 2.75) is 19.4 Å². The van der Waals surface area contributed by atoms with Crippen LogP contribution in [0.4, 0.5) is 0 Å². The summed E-state index contributed by atoms with van der Waals surface area (Å²) >= 11 is 0. The predicted octanol–water partition coefficient (Wildman–Crippen LogP) is 2.78. The monoisotopic (exact) mass is 291 g/mol. The van der Waals surface area contributed by atoms with Crippen LogP contribution in [0.2, 0.25) is 0 Å². The number of benzene rings is 1. The van der Waals surface area contributed by atoms with E-state index < -0.39 is 0 Å². The smallest absolute Gasteiger partial charge is 0.161 e. The van der Waals surface area contributed by atoms with Gasteiger partial charge in [-0.3, -0.25) is 0 Å². The van der Waals surface area contributed by atoms with E-state index in [-0.39, 0.29) is 0 Å². The van der Waals surface area contributed by atoms with Crippen LogP contribution in [0.15, 0.2) is 30.9 Å². The highest BCUT2D eigenvalue weighted by Gasteiger charge is 2.13. The number of hydrogen-bond donors (Lipinski definition) is 1. The second-order valence-electron chi connectivity index (χ2n) is 5.30. The molecule has 0 radical (unpaired) electrons. The zero-order chi connectivity index (χ0) is 14.9. The molecule has 116 valence electrons. The molecule has 1 N–H and O–H groups in total. The summed E-state index contributed by atoms with van der Waals surface area (Å²) < 4.78 is 16.4. The van der Waals surface area contributed by atoms with E-state index in [0.717, 1.165) is 37.8 Å². The molecule has 1 aliphatic rings. The van der Waals surface area contributed by atoms with Crippen molar-refractivity contribution >= 4 is 0 Å². The highest BCUT2D eigenvalue weighted by Crippen LogP contribution is 2.28.